The van der Waals surface area contributed by atoms with Gasteiger partial charge in [0.15, 0.2) is 0 Å². The van der Waals surface area contributed by atoms with Gasteiger partial charge in [0.05, 0.1) is 0 Å². The van der Waals surface area contributed by atoms with E-state index in [0.717, 1.165) is 37.4 Å². The van der Waals surface area contributed by atoms with Crippen LogP contribution in [0.25, 0.3) is 0 Å². The van der Waals surface area contributed by atoms with E-state index in [1.807, 2.05) is 6.20 Å². The fourth-order valence-electron chi connectivity index (χ4n) is 3.92. The molecular weight excluding hydrogens is 270 g/mol. The van der Waals surface area contributed by atoms with E-state index in [1.54, 1.807) is 0 Å². The predicted molar refractivity (Wildman–Crippen MR) is 89.0 cm³/mol. The normalized spacial score (nSPS) is 27.2. The second-order valence-electron chi connectivity index (χ2n) is 7.09. The summed E-state index contributed by atoms with van der Waals surface area (Å²) < 4.78 is 2.33. The minimum Gasteiger partial charge on any atom is -0.335 e. The van der Waals surface area contributed by atoms with Crippen molar-refractivity contribution in [1.29, 1.82) is 0 Å². The molecule has 1 aromatic carbocycles. The highest BCUT2D eigenvalue weighted by Gasteiger charge is 2.30. The Bertz CT molecular complexity index is 640. The Balaban J connectivity index is 1.24. The number of nitrogens with one attached hydrogen (secondary N) is 1. The van der Waals surface area contributed by atoms with Crippen molar-refractivity contribution in [2.24, 2.45) is 5.92 Å². The minimum absolute atomic E-state index is 0.717. The molecule has 2 heterocycles. The third kappa shape index (κ3) is 2.82. The third-order valence-corrected chi connectivity index (χ3v) is 5.38. The van der Waals surface area contributed by atoms with Crippen LogP contribution in [0.3, 0.4) is 0 Å². The van der Waals surface area contributed by atoms with Crippen molar-refractivity contribution < 1.29 is 0 Å². The largest absolute Gasteiger partial charge is 0.335 e. The summed E-state index contributed by atoms with van der Waals surface area (Å²) in [6.45, 7) is 4.48. The zero-order valence-electron chi connectivity index (χ0n) is 13.3. The van der Waals surface area contributed by atoms with Crippen LogP contribution in [-0.2, 0) is 13.0 Å². The van der Waals surface area contributed by atoms with Gasteiger partial charge in [0.2, 0.25) is 0 Å². The molecule has 1 N–H and O–H groups in total. The van der Waals surface area contributed by atoms with E-state index in [-0.39, 0.29) is 0 Å². The first-order chi connectivity index (χ1) is 10.8. The van der Waals surface area contributed by atoms with E-state index in [1.165, 1.54) is 36.2 Å². The fraction of sp³-hybridized carbons (Fsp3) is 0.526. The van der Waals surface area contributed by atoms with Gasteiger partial charge in [-0.1, -0.05) is 29.8 Å². The first kappa shape index (κ1) is 14.0. The summed E-state index contributed by atoms with van der Waals surface area (Å²) in [6, 6.07) is 9.73. The summed E-state index contributed by atoms with van der Waals surface area (Å²) in [4.78, 5) is 4.41. The summed E-state index contributed by atoms with van der Waals surface area (Å²) in [7, 11) is 0. The Kier molecular flexibility index (Phi) is 3.75. The summed E-state index contributed by atoms with van der Waals surface area (Å²) in [5, 5.41) is 3.79. The first-order valence-electron chi connectivity index (χ1n) is 8.58. The summed E-state index contributed by atoms with van der Waals surface area (Å²) in [5.74, 6) is 2.79. The van der Waals surface area contributed by atoms with Gasteiger partial charge in [-0.05, 0) is 50.1 Å². The Morgan fingerprint density at radius 3 is 3.09 bits per heavy atom. The van der Waals surface area contributed by atoms with Gasteiger partial charge in [-0.2, -0.15) is 0 Å². The van der Waals surface area contributed by atoms with Crippen LogP contribution in [0.5, 0.6) is 0 Å². The number of imidazole rings is 1. The Hall–Kier alpha value is -1.61. The van der Waals surface area contributed by atoms with Crippen LogP contribution in [0.2, 0.25) is 0 Å². The number of hydrogen-bond acceptors (Lipinski definition) is 2. The highest BCUT2D eigenvalue weighted by Crippen LogP contribution is 2.37. The van der Waals surface area contributed by atoms with Crippen molar-refractivity contribution in [1.82, 2.24) is 14.9 Å². The molecule has 1 aliphatic carbocycles. The lowest BCUT2D eigenvalue weighted by Gasteiger charge is -2.38. The maximum Gasteiger partial charge on any atom is 0.108 e. The lowest BCUT2D eigenvalue weighted by atomic mass is 9.75. The lowest BCUT2D eigenvalue weighted by molar-refractivity contribution is 0.256. The molecular formula is C19H25N3. The molecule has 0 spiro atoms. The number of nitrogens with zero attached hydrogens (tertiary/aromatic N) is 2. The average Bonchev–Trinajstić information content (AvgIpc) is 2.93. The van der Waals surface area contributed by atoms with Crippen molar-refractivity contribution in [2.75, 3.05) is 6.54 Å². The number of benzene rings is 1. The summed E-state index contributed by atoms with van der Waals surface area (Å²) in [5.41, 5.74) is 2.91. The number of aromatic nitrogens is 2. The van der Waals surface area contributed by atoms with Crippen molar-refractivity contribution in [3.8, 4) is 0 Å². The van der Waals surface area contributed by atoms with Crippen molar-refractivity contribution >= 4 is 0 Å². The highest BCUT2D eigenvalue weighted by molar-refractivity contribution is 5.27. The molecule has 0 amide bonds. The Morgan fingerprint density at radius 1 is 1.32 bits per heavy atom. The van der Waals surface area contributed by atoms with Crippen LogP contribution >= 0.6 is 0 Å². The molecule has 0 radical (unpaired) electrons. The average molecular weight is 295 g/mol. The van der Waals surface area contributed by atoms with Crippen LogP contribution in [0.15, 0.2) is 36.7 Å². The molecule has 1 aliphatic heterocycles. The van der Waals surface area contributed by atoms with E-state index >= 15 is 0 Å². The molecule has 3 nitrogen and oxygen atoms in total. The maximum atomic E-state index is 4.41. The third-order valence-electron chi connectivity index (χ3n) is 5.38. The highest BCUT2D eigenvalue weighted by atomic mass is 15.1. The van der Waals surface area contributed by atoms with Crippen molar-refractivity contribution in [3.63, 3.8) is 0 Å². The van der Waals surface area contributed by atoms with Crippen LogP contribution in [-0.4, -0.2) is 22.1 Å². The van der Waals surface area contributed by atoms with Crippen LogP contribution in [0, 0.1) is 12.8 Å². The summed E-state index contributed by atoms with van der Waals surface area (Å²) in [6.07, 6.45) is 9.06. The van der Waals surface area contributed by atoms with E-state index in [4.69, 9.17) is 0 Å². The zero-order chi connectivity index (χ0) is 14.9. The van der Waals surface area contributed by atoms with Crippen LogP contribution in [0.4, 0.5) is 0 Å². The second-order valence-corrected chi connectivity index (χ2v) is 7.09. The molecule has 0 saturated heterocycles. The molecule has 1 saturated carbocycles. The van der Waals surface area contributed by atoms with E-state index in [0.29, 0.717) is 0 Å². The van der Waals surface area contributed by atoms with Gasteiger partial charge in [-0.15, -0.1) is 0 Å². The van der Waals surface area contributed by atoms with Crippen molar-refractivity contribution in [3.05, 3.63) is 53.6 Å². The molecule has 4 rings (SSSR count). The zero-order valence-corrected chi connectivity index (χ0v) is 13.3. The van der Waals surface area contributed by atoms with Gasteiger partial charge in [-0.25, -0.2) is 4.98 Å². The van der Waals surface area contributed by atoms with Gasteiger partial charge < -0.3 is 9.88 Å². The topological polar surface area (TPSA) is 29.9 Å². The van der Waals surface area contributed by atoms with Gasteiger partial charge in [-0.3, -0.25) is 0 Å². The molecule has 2 aromatic rings. The van der Waals surface area contributed by atoms with Crippen LogP contribution < -0.4 is 5.32 Å². The number of hydrogen-bond donors (Lipinski definition) is 1. The molecule has 22 heavy (non-hydrogen) atoms. The predicted octanol–water partition coefficient (Wildman–Crippen LogP) is 3.29. The maximum absolute atomic E-state index is 4.41. The summed E-state index contributed by atoms with van der Waals surface area (Å²) >= 11 is 0. The van der Waals surface area contributed by atoms with Crippen LogP contribution in [0.1, 0.15) is 42.1 Å². The van der Waals surface area contributed by atoms with E-state index in [9.17, 15) is 0 Å². The molecule has 1 fully saturated rings. The molecule has 3 heteroatoms. The van der Waals surface area contributed by atoms with Gasteiger partial charge in [0.25, 0.3) is 0 Å². The first-order valence-corrected chi connectivity index (χ1v) is 8.58. The van der Waals surface area contributed by atoms with Crippen molar-refractivity contribution in [2.45, 2.75) is 51.1 Å². The number of aryl methyl sites for hydroxylation is 2. The Morgan fingerprint density at radius 2 is 2.23 bits per heavy atom. The van der Waals surface area contributed by atoms with E-state index in [2.05, 4.69) is 52.3 Å². The molecule has 1 atom stereocenters. The fourth-order valence-corrected chi connectivity index (χ4v) is 3.92. The molecule has 2 aliphatic rings. The van der Waals surface area contributed by atoms with Gasteiger partial charge >= 0.3 is 0 Å². The standard InChI is InChI=1S/C19H25N3/c1-14-3-2-4-16(9-14)17-10-18(11-17)21-12-15-5-6-19-20-7-8-22(19)13-15/h2-4,7-9,15,17-18,21H,5-6,10-13H2,1H3. The van der Waals surface area contributed by atoms with Gasteiger partial charge in [0, 0.05) is 31.4 Å². The monoisotopic (exact) mass is 295 g/mol. The molecule has 1 unspecified atom stereocenters. The smallest absolute Gasteiger partial charge is 0.108 e. The lowest BCUT2D eigenvalue weighted by Crippen LogP contribution is -2.43. The Labute approximate surface area is 132 Å². The quantitative estimate of drug-likeness (QED) is 0.938. The van der Waals surface area contributed by atoms with E-state index < -0.39 is 0 Å². The second kappa shape index (κ2) is 5.88. The minimum atomic E-state index is 0.717. The SMILES string of the molecule is Cc1cccc(C2CC(NCC3CCc4nccn4C3)C2)c1. The molecule has 1 aromatic heterocycles. The molecule has 116 valence electrons. The van der Waals surface area contributed by atoms with Gasteiger partial charge in [0.1, 0.15) is 5.82 Å². The molecule has 0 bridgehead atoms. The number of fused-ring (bicyclic) bond motifs is 1. The number of rotatable bonds is 4.